The minimum atomic E-state index is -0.0221. The van der Waals surface area contributed by atoms with Gasteiger partial charge in [-0.1, -0.05) is 6.08 Å². The molecule has 1 amide bonds. The van der Waals surface area contributed by atoms with E-state index in [2.05, 4.69) is 16.8 Å². The molecule has 1 aliphatic heterocycles. The number of nitrogens with one attached hydrogen (secondary N) is 1. The number of methoxy groups -OCH3 is 2. The first-order valence-electron chi connectivity index (χ1n) is 7.44. The van der Waals surface area contributed by atoms with Gasteiger partial charge in [0.2, 0.25) is 5.91 Å². The van der Waals surface area contributed by atoms with Gasteiger partial charge in [0.25, 0.3) is 0 Å². The molecule has 1 unspecified atom stereocenters. The zero-order valence-corrected chi connectivity index (χ0v) is 13.5. The molecule has 0 aliphatic carbocycles. The van der Waals surface area contributed by atoms with Gasteiger partial charge in [0.1, 0.15) is 0 Å². The summed E-state index contributed by atoms with van der Waals surface area (Å²) in [6.45, 7) is 7.66. The van der Waals surface area contributed by atoms with Crippen molar-refractivity contribution in [1.29, 1.82) is 0 Å². The van der Waals surface area contributed by atoms with Gasteiger partial charge in [-0.3, -0.25) is 9.69 Å². The second-order valence-electron chi connectivity index (χ2n) is 5.39. The van der Waals surface area contributed by atoms with Crippen LogP contribution in [0.25, 0.3) is 0 Å². The molecule has 22 heavy (non-hydrogen) atoms. The Balaban J connectivity index is 2.38. The average Bonchev–Trinajstić information content (AvgIpc) is 2.52. The van der Waals surface area contributed by atoms with Crippen LogP contribution in [0.1, 0.15) is 24.1 Å². The van der Waals surface area contributed by atoms with Crippen molar-refractivity contribution in [2.24, 2.45) is 0 Å². The largest absolute Gasteiger partial charge is 0.493 e. The third-order valence-corrected chi connectivity index (χ3v) is 4.02. The molecular weight excluding hydrogens is 280 g/mol. The van der Waals surface area contributed by atoms with Gasteiger partial charge in [0, 0.05) is 26.6 Å². The van der Waals surface area contributed by atoms with Gasteiger partial charge in [0.05, 0.1) is 20.3 Å². The normalized spacial score (nSPS) is 17.5. The van der Waals surface area contributed by atoms with Crippen LogP contribution >= 0.6 is 0 Å². The summed E-state index contributed by atoms with van der Waals surface area (Å²) in [5.41, 5.74) is 2.42. The summed E-state index contributed by atoms with van der Waals surface area (Å²) in [5.74, 6) is 1.44. The van der Waals surface area contributed by atoms with E-state index in [4.69, 9.17) is 9.47 Å². The molecule has 0 saturated heterocycles. The highest BCUT2D eigenvalue weighted by Crippen LogP contribution is 2.37. The summed E-state index contributed by atoms with van der Waals surface area (Å²) in [6, 6.07) is 4.18. The fourth-order valence-electron chi connectivity index (χ4n) is 2.94. The first-order chi connectivity index (χ1) is 10.6. The number of ether oxygens (including phenoxy) is 2. The smallest absolute Gasteiger partial charge is 0.216 e. The fourth-order valence-corrected chi connectivity index (χ4v) is 2.94. The number of benzene rings is 1. The second kappa shape index (κ2) is 7.31. The van der Waals surface area contributed by atoms with Gasteiger partial charge in [0.15, 0.2) is 11.5 Å². The Hall–Kier alpha value is -2.01. The van der Waals surface area contributed by atoms with Crippen molar-refractivity contribution in [3.8, 4) is 11.5 Å². The summed E-state index contributed by atoms with van der Waals surface area (Å²) < 4.78 is 10.8. The molecule has 0 aromatic heterocycles. The number of carbonyl (C=O) groups excluding carboxylic acids is 1. The molecule has 0 fully saturated rings. The second-order valence-corrected chi connectivity index (χ2v) is 5.39. The van der Waals surface area contributed by atoms with E-state index in [9.17, 15) is 4.79 Å². The maximum atomic E-state index is 11.3. The van der Waals surface area contributed by atoms with E-state index in [-0.39, 0.29) is 11.9 Å². The summed E-state index contributed by atoms with van der Waals surface area (Å²) in [4.78, 5) is 13.6. The van der Waals surface area contributed by atoms with Crippen LogP contribution < -0.4 is 14.8 Å². The minimum Gasteiger partial charge on any atom is -0.493 e. The lowest BCUT2D eigenvalue weighted by molar-refractivity contribution is -0.119. The molecule has 5 nitrogen and oxygen atoms in total. The van der Waals surface area contributed by atoms with Crippen molar-refractivity contribution in [3.63, 3.8) is 0 Å². The van der Waals surface area contributed by atoms with Crippen molar-refractivity contribution in [2.45, 2.75) is 19.4 Å². The number of carbonyl (C=O) groups is 1. The molecule has 1 aromatic rings. The summed E-state index contributed by atoms with van der Waals surface area (Å²) in [6.07, 6.45) is 2.84. The first-order valence-corrected chi connectivity index (χ1v) is 7.44. The number of fused-ring (bicyclic) bond motifs is 1. The lowest BCUT2D eigenvalue weighted by Crippen LogP contribution is -2.41. The zero-order valence-electron chi connectivity index (χ0n) is 13.5. The molecule has 1 aliphatic rings. The molecule has 1 heterocycles. The van der Waals surface area contributed by atoms with Crippen molar-refractivity contribution >= 4 is 5.91 Å². The van der Waals surface area contributed by atoms with Gasteiger partial charge in [-0.15, -0.1) is 6.58 Å². The van der Waals surface area contributed by atoms with Gasteiger partial charge in [-0.2, -0.15) is 0 Å². The molecule has 1 atom stereocenters. The van der Waals surface area contributed by atoms with E-state index in [1.54, 1.807) is 14.2 Å². The van der Waals surface area contributed by atoms with E-state index in [1.807, 2.05) is 18.2 Å². The van der Waals surface area contributed by atoms with Crippen LogP contribution in [0.5, 0.6) is 11.5 Å². The van der Waals surface area contributed by atoms with E-state index < -0.39 is 0 Å². The molecule has 0 bridgehead atoms. The van der Waals surface area contributed by atoms with E-state index in [0.29, 0.717) is 6.54 Å². The lowest BCUT2D eigenvalue weighted by Gasteiger charge is -2.37. The predicted molar refractivity (Wildman–Crippen MR) is 86.4 cm³/mol. The van der Waals surface area contributed by atoms with Crippen LogP contribution in [0.3, 0.4) is 0 Å². The summed E-state index contributed by atoms with van der Waals surface area (Å²) >= 11 is 0. The predicted octanol–water partition coefficient (Wildman–Crippen LogP) is 1.93. The van der Waals surface area contributed by atoms with Crippen LogP contribution in [0.2, 0.25) is 0 Å². The Morgan fingerprint density at radius 2 is 2.09 bits per heavy atom. The van der Waals surface area contributed by atoms with Gasteiger partial charge >= 0.3 is 0 Å². The third-order valence-electron chi connectivity index (χ3n) is 4.02. The Bertz CT molecular complexity index is 557. The Morgan fingerprint density at radius 3 is 2.68 bits per heavy atom. The molecular formula is C17H24N2O3. The average molecular weight is 304 g/mol. The molecule has 1 N–H and O–H groups in total. The van der Waals surface area contributed by atoms with Crippen LogP contribution in [-0.4, -0.2) is 44.7 Å². The van der Waals surface area contributed by atoms with Gasteiger partial charge in [-0.25, -0.2) is 0 Å². The van der Waals surface area contributed by atoms with E-state index >= 15 is 0 Å². The molecule has 0 spiro atoms. The number of hydrogen-bond acceptors (Lipinski definition) is 4. The van der Waals surface area contributed by atoms with Crippen molar-refractivity contribution in [3.05, 3.63) is 35.9 Å². The monoisotopic (exact) mass is 304 g/mol. The van der Waals surface area contributed by atoms with Crippen molar-refractivity contribution in [1.82, 2.24) is 10.2 Å². The summed E-state index contributed by atoms with van der Waals surface area (Å²) in [5, 5.41) is 2.92. The number of rotatable bonds is 6. The summed E-state index contributed by atoms with van der Waals surface area (Å²) in [7, 11) is 3.28. The first kappa shape index (κ1) is 16.4. The molecule has 0 radical (unpaired) electrons. The van der Waals surface area contributed by atoms with Crippen LogP contribution in [0, 0.1) is 0 Å². The van der Waals surface area contributed by atoms with E-state index in [1.165, 1.54) is 18.1 Å². The Morgan fingerprint density at radius 1 is 1.41 bits per heavy atom. The Labute approximate surface area is 131 Å². The van der Waals surface area contributed by atoms with Crippen molar-refractivity contribution < 1.29 is 14.3 Å². The van der Waals surface area contributed by atoms with Gasteiger partial charge in [-0.05, 0) is 29.7 Å². The highest BCUT2D eigenvalue weighted by Gasteiger charge is 2.28. The number of hydrogen-bond donors (Lipinski definition) is 1. The molecule has 120 valence electrons. The minimum absolute atomic E-state index is 0.0221. The number of nitrogens with zero attached hydrogens (tertiary/aromatic N) is 1. The Kier molecular flexibility index (Phi) is 5.44. The van der Waals surface area contributed by atoms with E-state index in [0.717, 1.165) is 31.0 Å². The third kappa shape index (κ3) is 3.42. The number of amides is 1. The maximum absolute atomic E-state index is 11.3. The molecule has 2 rings (SSSR count). The van der Waals surface area contributed by atoms with Crippen LogP contribution in [0.15, 0.2) is 24.8 Å². The molecule has 1 aromatic carbocycles. The highest BCUT2D eigenvalue weighted by molar-refractivity contribution is 5.72. The molecule has 0 saturated carbocycles. The van der Waals surface area contributed by atoms with Crippen molar-refractivity contribution in [2.75, 3.05) is 33.9 Å². The van der Waals surface area contributed by atoms with Crippen LogP contribution in [-0.2, 0) is 11.2 Å². The quantitative estimate of drug-likeness (QED) is 0.816. The zero-order chi connectivity index (χ0) is 16.1. The molecule has 5 heteroatoms. The van der Waals surface area contributed by atoms with Crippen LogP contribution in [0.4, 0.5) is 0 Å². The SMILES string of the molecule is C=CCN1CCc2cc(OC)c(OC)cc2C1CNC(C)=O. The van der Waals surface area contributed by atoms with Gasteiger partial charge < -0.3 is 14.8 Å². The fraction of sp³-hybridized carbons (Fsp3) is 0.471. The lowest BCUT2D eigenvalue weighted by atomic mass is 9.91. The standard InChI is InChI=1S/C17H24N2O3/c1-5-7-19-8-6-13-9-16(21-3)17(22-4)10-14(13)15(19)11-18-12(2)20/h5,9-10,15H,1,6-8,11H2,2-4H3,(H,18,20). The highest BCUT2D eigenvalue weighted by atomic mass is 16.5. The topological polar surface area (TPSA) is 50.8 Å². The maximum Gasteiger partial charge on any atom is 0.216 e.